The number of hydrogen-bond donors (Lipinski definition) is 3. The Morgan fingerprint density at radius 3 is 2.67 bits per heavy atom. The molecule has 9 nitrogen and oxygen atoms in total. The van der Waals surface area contributed by atoms with Crippen LogP contribution in [-0.2, 0) is 4.79 Å². The number of benzene rings is 1. The number of hydrogen-bond acceptors (Lipinski definition) is 7. The van der Waals surface area contributed by atoms with Crippen LogP contribution in [0.15, 0.2) is 42.6 Å². The maximum absolute atomic E-state index is 14.4. The Balaban J connectivity index is 0.00000370. The minimum Gasteiger partial charge on any atom is -0.480 e. The number of carboxylic acids is 1. The van der Waals surface area contributed by atoms with E-state index < -0.39 is 24.3 Å². The number of carboxylic acid groups (broad SMARTS) is 1. The fourth-order valence-corrected chi connectivity index (χ4v) is 5.36. The highest BCUT2D eigenvalue weighted by molar-refractivity contribution is 6.30. The molecule has 2 aliphatic rings. The summed E-state index contributed by atoms with van der Waals surface area (Å²) in [7, 11) is 0. The van der Waals surface area contributed by atoms with Crippen molar-refractivity contribution in [2.24, 2.45) is 5.41 Å². The molecule has 1 fully saturated rings. The van der Waals surface area contributed by atoms with E-state index in [1.807, 2.05) is 6.08 Å². The van der Waals surface area contributed by atoms with Crippen molar-refractivity contribution >= 4 is 41.5 Å². The summed E-state index contributed by atoms with van der Waals surface area (Å²) in [6.45, 7) is 2.31. The van der Waals surface area contributed by atoms with Gasteiger partial charge in [0.05, 0.1) is 17.1 Å². The van der Waals surface area contributed by atoms with E-state index in [1.54, 1.807) is 19.2 Å². The van der Waals surface area contributed by atoms with Crippen molar-refractivity contribution in [3.63, 3.8) is 0 Å². The largest absolute Gasteiger partial charge is 0.480 e. The van der Waals surface area contributed by atoms with Crippen LogP contribution in [0.5, 0.6) is 5.88 Å². The van der Waals surface area contributed by atoms with Crippen LogP contribution < -0.4 is 15.8 Å². The van der Waals surface area contributed by atoms with E-state index in [-0.39, 0.29) is 45.9 Å². The van der Waals surface area contributed by atoms with Crippen LogP contribution in [-0.4, -0.2) is 49.6 Å². The highest BCUT2D eigenvalue weighted by Crippen LogP contribution is 2.45. The number of rotatable bonds is 6. The van der Waals surface area contributed by atoms with Gasteiger partial charge in [0, 0.05) is 29.4 Å². The van der Waals surface area contributed by atoms with Gasteiger partial charge < -0.3 is 20.9 Å². The Kier molecular flexibility index (Phi) is 8.34. The molecule has 3 atom stereocenters. The van der Waals surface area contributed by atoms with Crippen LogP contribution in [0.25, 0.3) is 11.3 Å². The monoisotopic (exact) mass is 598 g/mol. The molecule has 3 heterocycles. The van der Waals surface area contributed by atoms with E-state index in [2.05, 4.69) is 20.4 Å². The summed E-state index contributed by atoms with van der Waals surface area (Å²) in [6.07, 6.45) is -1.32. The van der Waals surface area contributed by atoms with Gasteiger partial charge in [0.2, 0.25) is 17.9 Å². The molecule has 0 saturated carbocycles. The molecule has 214 valence electrons. The summed E-state index contributed by atoms with van der Waals surface area (Å²) in [5, 5.41) is 16.8. The number of allylic oxidation sites excluding steroid dienone is 2. The average molecular weight is 599 g/mol. The SMILES string of the molecule is Cc1ccn(-c2cc(Cl)ccc2[C@@H](Oc2cc(C3=CC[C@]4(CC3)CNC(C(=O)O)C4)nc(N)n2)C(F)(F)F)n1.Cl. The molecule has 1 unspecified atom stereocenters. The van der Waals surface area contributed by atoms with E-state index in [0.717, 1.165) is 5.57 Å². The molecule has 1 spiro atoms. The lowest BCUT2D eigenvalue weighted by Crippen LogP contribution is -2.30. The first-order chi connectivity index (χ1) is 18.4. The molecule has 0 radical (unpaired) electrons. The Morgan fingerprint density at radius 2 is 2.08 bits per heavy atom. The normalized spacial score (nSPS) is 21.5. The zero-order valence-corrected chi connectivity index (χ0v) is 22.9. The summed E-state index contributed by atoms with van der Waals surface area (Å²) in [5.74, 6) is -1.43. The molecule has 2 aromatic heterocycles. The average Bonchev–Trinajstić information content (AvgIpc) is 3.49. The highest BCUT2D eigenvalue weighted by Gasteiger charge is 2.45. The van der Waals surface area contributed by atoms with Crippen LogP contribution in [0.2, 0.25) is 5.02 Å². The van der Waals surface area contributed by atoms with Crippen molar-refractivity contribution in [2.45, 2.75) is 50.9 Å². The lowest BCUT2D eigenvalue weighted by molar-refractivity contribution is -0.198. The van der Waals surface area contributed by atoms with Gasteiger partial charge in [-0.05, 0) is 61.8 Å². The molecule has 1 aromatic carbocycles. The maximum atomic E-state index is 14.4. The van der Waals surface area contributed by atoms with Gasteiger partial charge in [0.15, 0.2) is 0 Å². The number of nitrogens with two attached hydrogens (primary N) is 1. The number of aliphatic carboxylic acids is 1. The lowest BCUT2D eigenvalue weighted by atomic mass is 9.73. The zero-order chi connectivity index (χ0) is 27.9. The molecular formula is C26H27Cl2F3N6O3. The van der Waals surface area contributed by atoms with Gasteiger partial charge in [0.25, 0.3) is 0 Å². The van der Waals surface area contributed by atoms with Gasteiger partial charge in [0.1, 0.15) is 6.04 Å². The fraction of sp³-hybridized carbons (Fsp3) is 0.385. The number of nitrogens with one attached hydrogen (secondary N) is 1. The van der Waals surface area contributed by atoms with Crippen LogP contribution in [0.3, 0.4) is 0 Å². The summed E-state index contributed by atoms with van der Waals surface area (Å²) >= 11 is 6.11. The van der Waals surface area contributed by atoms with Gasteiger partial charge in [-0.1, -0.05) is 23.7 Å². The quantitative estimate of drug-likeness (QED) is 0.348. The molecule has 3 aromatic rings. The molecule has 1 aliphatic heterocycles. The minimum absolute atomic E-state index is 0. The molecule has 1 aliphatic carbocycles. The Bertz CT molecular complexity index is 1450. The van der Waals surface area contributed by atoms with Crippen molar-refractivity contribution in [2.75, 3.05) is 12.3 Å². The van der Waals surface area contributed by atoms with Crippen molar-refractivity contribution in [3.05, 3.63) is 64.6 Å². The number of anilines is 1. The topological polar surface area (TPSA) is 128 Å². The standard InChI is InChI=1S/C26H26ClF3N6O3.ClH/c1-14-6-9-36(35-14)20-10-16(27)2-3-17(20)22(26(28,29)30)39-21-11-18(33-24(31)34-21)15-4-7-25(8-5-15)12-19(23(37)38)32-13-25;/h2-4,6,9-11,19,22,32H,5,7-8,12-13H2,1H3,(H,37,38)(H2,31,33,34);1H/t19?,22-,25-;/m1./s1. The summed E-state index contributed by atoms with van der Waals surface area (Å²) in [5.41, 5.74) is 7.40. The number of nitrogen functional groups attached to an aromatic ring is 1. The molecule has 4 N–H and O–H groups in total. The van der Waals surface area contributed by atoms with E-state index in [0.29, 0.717) is 43.6 Å². The zero-order valence-electron chi connectivity index (χ0n) is 21.3. The fourth-order valence-electron chi connectivity index (χ4n) is 5.20. The van der Waals surface area contributed by atoms with Crippen molar-refractivity contribution < 1.29 is 27.8 Å². The second-order valence-corrected chi connectivity index (χ2v) is 10.4. The molecule has 0 bridgehead atoms. The van der Waals surface area contributed by atoms with Crippen molar-refractivity contribution in [1.82, 2.24) is 25.1 Å². The van der Waals surface area contributed by atoms with Crippen LogP contribution in [0, 0.1) is 12.3 Å². The van der Waals surface area contributed by atoms with Crippen LogP contribution in [0.1, 0.15) is 48.7 Å². The van der Waals surface area contributed by atoms with E-state index in [9.17, 15) is 23.1 Å². The maximum Gasteiger partial charge on any atom is 0.429 e. The number of carbonyl (C=O) groups is 1. The van der Waals surface area contributed by atoms with Crippen LogP contribution in [0.4, 0.5) is 19.1 Å². The van der Waals surface area contributed by atoms with Gasteiger partial charge in [-0.3, -0.25) is 4.79 Å². The molecule has 40 heavy (non-hydrogen) atoms. The van der Waals surface area contributed by atoms with Gasteiger partial charge >= 0.3 is 12.1 Å². The van der Waals surface area contributed by atoms with E-state index >= 15 is 0 Å². The van der Waals surface area contributed by atoms with Gasteiger partial charge in [-0.25, -0.2) is 9.67 Å². The number of nitrogens with zero attached hydrogens (tertiary/aromatic N) is 4. The number of aromatic nitrogens is 4. The first-order valence-electron chi connectivity index (χ1n) is 12.3. The van der Waals surface area contributed by atoms with Gasteiger partial charge in [-0.2, -0.15) is 23.3 Å². The predicted molar refractivity (Wildman–Crippen MR) is 145 cm³/mol. The Labute approximate surface area is 239 Å². The first-order valence-corrected chi connectivity index (χ1v) is 12.7. The third-order valence-electron chi connectivity index (χ3n) is 7.19. The molecule has 1 saturated heterocycles. The number of aryl methyl sites for hydroxylation is 1. The smallest absolute Gasteiger partial charge is 0.429 e. The second kappa shape index (κ2) is 11.3. The predicted octanol–water partition coefficient (Wildman–Crippen LogP) is 5.31. The summed E-state index contributed by atoms with van der Waals surface area (Å²) < 4.78 is 49.9. The van der Waals surface area contributed by atoms with E-state index in [4.69, 9.17) is 22.1 Å². The van der Waals surface area contributed by atoms with E-state index in [1.165, 1.54) is 28.9 Å². The van der Waals surface area contributed by atoms with Crippen LogP contribution >= 0.6 is 24.0 Å². The minimum atomic E-state index is -4.81. The summed E-state index contributed by atoms with van der Waals surface area (Å²) in [4.78, 5) is 19.5. The molecular weight excluding hydrogens is 572 g/mol. The molecule has 14 heteroatoms. The number of ether oxygens (including phenoxy) is 1. The van der Waals surface area contributed by atoms with Crippen molar-refractivity contribution in [3.8, 4) is 11.6 Å². The summed E-state index contributed by atoms with van der Waals surface area (Å²) in [6, 6.07) is 6.42. The lowest BCUT2D eigenvalue weighted by Gasteiger charge is -2.31. The Morgan fingerprint density at radius 1 is 1.30 bits per heavy atom. The third kappa shape index (κ3) is 6.18. The first kappa shape index (κ1) is 29.6. The third-order valence-corrected chi connectivity index (χ3v) is 7.43. The number of alkyl halides is 3. The molecule has 0 amide bonds. The Hall–Kier alpha value is -3.35. The molecule has 5 rings (SSSR count). The van der Waals surface area contributed by atoms with Gasteiger partial charge in [-0.15, -0.1) is 12.4 Å². The number of halogens is 5. The highest BCUT2D eigenvalue weighted by atomic mass is 35.5. The van der Waals surface area contributed by atoms with Crippen molar-refractivity contribution in [1.29, 1.82) is 0 Å². The second-order valence-electron chi connectivity index (χ2n) is 10.0.